The third kappa shape index (κ3) is 5.87. The summed E-state index contributed by atoms with van der Waals surface area (Å²) in [6.07, 6.45) is 0. The molecule has 0 amide bonds. The lowest BCUT2D eigenvalue weighted by atomic mass is 10.1. The van der Waals surface area contributed by atoms with E-state index < -0.39 is 0 Å². The number of fused-ring (bicyclic) bond motifs is 9. The van der Waals surface area contributed by atoms with Crippen LogP contribution in [0.2, 0.25) is 0 Å². The standard InChI is InChI=1S/C55H32N6S2/c1-3-14-33(15-4-1)48-51-49(42-20-9-12-25-46(42)62-51)57-54(56-48)36-28-31-40-41-21-13-22-43(50(41)63-47(40)32-36)55-59-52(34-16-5-2-6-17-34)58-53(60-55)35-26-29-37(30-27-35)61-44-23-10-7-18-38(44)39-19-8-11-24-45(39)61/h1-32H. The summed E-state index contributed by atoms with van der Waals surface area (Å²) in [5.41, 5.74) is 10.2. The Hall–Kier alpha value is -7.91. The molecule has 0 fully saturated rings. The normalized spacial score (nSPS) is 11.8. The number of aromatic nitrogens is 6. The Morgan fingerprint density at radius 2 is 0.889 bits per heavy atom. The van der Waals surface area contributed by atoms with Crippen LogP contribution in [-0.4, -0.2) is 29.5 Å². The van der Waals surface area contributed by atoms with Crippen molar-refractivity contribution in [3.05, 3.63) is 194 Å². The molecule has 0 atom stereocenters. The summed E-state index contributed by atoms with van der Waals surface area (Å²) >= 11 is 3.50. The van der Waals surface area contributed by atoms with Gasteiger partial charge in [0.05, 0.1) is 26.9 Å². The molecule has 0 bridgehead atoms. The van der Waals surface area contributed by atoms with E-state index in [1.807, 2.05) is 24.3 Å². The molecule has 294 valence electrons. The summed E-state index contributed by atoms with van der Waals surface area (Å²) in [6.45, 7) is 0. The maximum atomic E-state index is 5.26. The number of para-hydroxylation sites is 2. The first kappa shape index (κ1) is 35.8. The van der Waals surface area contributed by atoms with Crippen molar-refractivity contribution >= 4 is 85.0 Å². The van der Waals surface area contributed by atoms with E-state index in [2.05, 4.69) is 174 Å². The first-order valence-corrected chi connectivity index (χ1v) is 22.5. The molecule has 8 heteroatoms. The van der Waals surface area contributed by atoms with Crippen molar-refractivity contribution in [3.63, 3.8) is 0 Å². The van der Waals surface area contributed by atoms with Crippen LogP contribution < -0.4 is 0 Å². The smallest absolute Gasteiger partial charge is 0.165 e. The minimum atomic E-state index is 0.621. The zero-order chi connectivity index (χ0) is 41.4. The van der Waals surface area contributed by atoms with Crippen LogP contribution in [-0.2, 0) is 0 Å². The van der Waals surface area contributed by atoms with Crippen LogP contribution >= 0.6 is 22.7 Å². The molecular weight excluding hydrogens is 809 g/mol. The summed E-state index contributed by atoms with van der Waals surface area (Å²) in [7, 11) is 0. The highest BCUT2D eigenvalue weighted by molar-refractivity contribution is 7.26. The molecule has 5 aromatic heterocycles. The second kappa shape index (κ2) is 14.3. The van der Waals surface area contributed by atoms with Gasteiger partial charge in [-0.15, -0.1) is 22.7 Å². The summed E-state index contributed by atoms with van der Waals surface area (Å²) < 4.78 is 6.90. The first-order chi connectivity index (χ1) is 31.2. The molecule has 0 radical (unpaired) electrons. The van der Waals surface area contributed by atoms with Crippen LogP contribution in [0, 0.1) is 0 Å². The molecule has 5 heterocycles. The van der Waals surface area contributed by atoms with E-state index in [-0.39, 0.29) is 0 Å². The van der Waals surface area contributed by atoms with Crippen molar-refractivity contribution < 1.29 is 0 Å². The average molecular weight is 841 g/mol. The monoisotopic (exact) mass is 840 g/mol. The predicted octanol–water partition coefficient (Wildman–Crippen LogP) is 14.8. The molecule has 0 aliphatic heterocycles. The maximum Gasteiger partial charge on any atom is 0.165 e. The number of rotatable bonds is 6. The molecule has 0 aliphatic rings. The highest BCUT2D eigenvalue weighted by Crippen LogP contribution is 2.43. The Morgan fingerprint density at radius 3 is 1.62 bits per heavy atom. The van der Waals surface area contributed by atoms with Gasteiger partial charge in [0.2, 0.25) is 0 Å². The van der Waals surface area contributed by atoms with Gasteiger partial charge in [-0.1, -0.05) is 140 Å². The molecule has 0 N–H and O–H groups in total. The van der Waals surface area contributed by atoms with Gasteiger partial charge in [0.15, 0.2) is 23.3 Å². The fraction of sp³-hybridized carbons (Fsp3) is 0. The van der Waals surface area contributed by atoms with E-state index in [0.29, 0.717) is 23.3 Å². The zero-order valence-electron chi connectivity index (χ0n) is 33.5. The number of hydrogen-bond acceptors (Lipinski definition) is 7. The third-order valence-corrected chi connectivity index (χ3v) is 14.3. The highest BCUT2D eigenvalue weighted by atomic mass is 32.1. The lowest BCUT2D eigenvalue weighted by molar-refractivity contribution is 1.08. The highest BCUT2D eigenvalue weighted by Gasteiger charge is 2.20. The number of hydrogen-bond donors (Lipinski definition) is 0. The van der Waals surface area contributed by atoms with Crippen molar-refractivity contribution in [1.82, 2.24) is 29.5 Å². The third-order valence-electron chi connectivity index (χ3n) is 11.9. The Bertz CT molecular complexity index is 3860. The maximum absolute atomic E-state index is 5.26. The minimum absolute atomic E-state index is 0.621. The quantitative estimate of drug-likeness (QED) is 0.167. The molecule has 13 aromatic rings. The van der Waals surface area contributed by atoms with Gasteiger partial charge in [-0.25, -0.2) is 24.9 Å². The van der Waals surface area contributed by atoms with Crippen molar-refractivity contribution in [2.75, 3.05) is 0 Å². The number of nitrogens with zero attached hydrogens (tertiary/aromatic N) is 6. The van der Waals surface area contributed by atoms with E-state index in [0.717, 1.165) is 69.6 Å². The fourth-order valence-corrected chi connectivity index (χ4v) is 11.3. The van der Waals surface area contributed by atoms with Gasteiger partial charge in [0.1, 0.15) is 0 Å². The SMILES string of the molecule is c1ccc(-c2nc(-c3ccc(-n4c5ccccc5c5ccccc54)cc3)nc(-c3cccc4c3sc3cc(-c5nc(-c6ccccc6)c6sc7ccccc7c6n5)ccc34)n2)cc1. The van der Waals surface area contributed by atoms with E-state index in [1.165, 1.54) is 31.9 Å². The average Bonchev–Trinajstić information content (AvgIpc) is 4.04. The van der Waals surface area contributed by atoms with Gasteiger partial charge in [-0.05, 0) is 54.6 Å². The minimum Gasteiger partial charge on any atom is -0.309 e. The molecule has 0 saturated carbocycles. The van der Waals surface area contributed by atoms with Gasteiger partial charge < -0.3 is 4.57 Å². The van der Waals surface area contributed by atoms with Crippen LogP contribution in [0.5, 0.6) is 0 Å². The van der Waals surface area contributed by atoms with Crippen LogP contribution in [0.25, 0.3) is 125 Å². The summed E-state index contributed by atoms with van der Waals surface area (Å²) in [5, 5.41) is 5.94. The van der Waals surface area contributed by atoms with Gasteiger partial charge in [-0.3, -0.25) is 0 Å². The molecule has 0 saturated heterocycles. The van der Waals surface area contributed by atoms with Crippen LogP contribution in [0.4, 0.5) is 0 Å². The van der Waals surface area contributed by atoms with Gasteiger partial charge in [-0.2, -0.15) is 0 Å². The summed E-state index contributed by atoms with van der Waals surface area (Å²) in [6, 6.07) is 67.9. The second-order valence-corrected chi connectivity index (χ2v) is 17.7. The van der Waals surface area contributed by atoms with E-state index in [4.69, 9.17) is 24.9 Å². The molecule has 63 heavy (non-hydrogen) atoms. The van der Waals surface area contributed by atoms with E-state index in [1.54, 1.807) is 22.7 Å². The van der Waals surface area contributed by atoms with Crippen molar-refractivity contribution in [2.24, 2.45) is 0 Å². The van der Waals surface area contributed by atoms with Crippen molar-refractivity contribution in [1.29, 1.82) is 0 Å². The van der Waals surface area contributed by atoms with Gasteiger partial charge in [0, 0.05) is 74.5 Å². The Kier molecular flexibility index (Phi) is 8.15. The van der Waals surface area contributed by atoms with Crippen LogP contribution in [0.15, 0.2) is 194 Å². The zero-order valence-corrected chi connectivity index (χ0v) is 35.1. The lowest BCUT2D eigenvalue weighted by Crippen LogP contribution is -2.00. The van der Waals surface area contributed by atoms with Gasteiger partial charge >= 0.3 is 0 Å². The molecular formula is C55H32N6S2. The van der Waals surface area contributed by atoms with E-state index >= 15 is 0 Å². The van der Waals surface area contributed by atoms with Crippen molar-refractivity contribution in [2.45, 2.75) is 0 Å². The number of benzene rings is 8. The largest absolute Gasteiger partial charge is 0.309 e. The summed E-state index contributed by atoms with van der Waals surface area (Å²) in [4.78, 5) is 26.0. The van der Waals surface area contributed by atoms with Gasteiger partial charge in [0.25, 0.3) is 0 Å². The van der Waals surface area contributed by atoms with Crippen molar-refractivity contribution in [3.8, 4) is 62.5 Å². The second-order valence-electron chi connectivity index (χ2n) is 15.6. The molecule has 0 unspecified atom stereocenters. The van der Waals surface area contributed by atoms with Crippen LogP contribution in [0.3, 0.4) is 0 Å². The molecule has 0 aliphatic carbocycles. The lowest BCUT2D eigenvalue weighted by Gasteiger charge is -2.11. The molecule has 0 spiro atoms. The molecule has 6 nitrogen and oxygen atoms in total. The number of thiophene rings is 2. The first-order valence-electron chi connectivity index (χ1n) is 20.8. The summed E-state index contributed by atoms with van der Waals surface area (Å²) in [5.74, 6) is 2.59. The fourth-order valence-electron chi connectivity index (χ4n) is 8.93. The topological polar surface area (TPSA) is 69.4 Å². The van der Waals surface area contributed by atoms with Crippen LogP contribution in [0.1, 0.15) is 0 Å². The Balaban J connectivity index is 0.941. The predicted molar refractivity (Wildman–Crippen MR) is 263 cm³/mol. The molecule has 8 aromatic carbocycles. The Labute approximate surface area is 369 Å². The van der Waals surface area contributed by atoms with E-state index in [9.17, 15) is 0 Å². The Morgan fingerprint density at radius 1 is 0.333 bits per heavy atom. The molecule has 13 rings (SSSR count).